The highest BCUT2D eigenvalue weighted by Gasteiger charge is 2.10. The van der Waals surface area contributed by atoms with E-state index in [4.69, 9.17) is 4.99 Å². The first kappa shape index (κ1) is 22.7. The summed E-state index contributed by atoms with van der Waals surface area (Å²) in [5.41, 5.74) is 0. The molecule has 6 heteroatoms. The number of hydrogen-bond acceptors (Lipinski definition) is 3. The molecule has 0 aromatic carbocycles. The summed E-state index contributed by atoms with van der Waals surface area (Å²) in [4.78, 5) is 8.80. The molecular formula is C19H35IN4S. The van der Waals surface area contributed by atoms with Gasteiger partial charge in [-0.1, -0.05) is 13.0 Å². The van der Waals surface area contributed by atoms with Crippen LogP contribution in [0.4, 0.5) is 0 Å². The van der Waals surface area contributed by atoms with Gasteiger partial charge in [0.15, 0.2) is 5.96 Å². The Kier molecular flexibility index (Phi) is 12.5. The molecular weight excluding hydrogens is 443 g/mol. The molecule has 0 aliphatic carbocycles. The van der Waals surface area contributed by atoms with Crippen LogP contribution >= 0.6 is 35.3 Å². The third-order valence-electron chi connectivity index (χ3n) is 4.43. The Morgan fingerprint density at radius 3 is 2.76 bits per heavy atom. The van der Waals surface area contributed by atoms with Gasteiger partial charge in [0, 0.05) is 24.5 Å². The van der Waals surface area contributed by atoms with Crippen LogP contribution in [0, 0.1) is 5.92 Å². The lowest BCUT2D eigenvalue weighted by Gasteiger charge is -2.15. The van der Waals surface area contributed by atoms with E-state index >= 15 is 0 Å². The maximum atomic E-state index is 4.76. The number of hydrogen-bond donors (Lipinski definition) is 2. The van der Waals surface area contributed by atoms with Gasteiger partial charge in [0.1, 0.15) is 0 Å². The standard InChI is InChI=1S/C19H34N4S.HI/c1-3-20-19(21-10-4-5-11-23-12-6-7-13-23)22-16-17(2)15-18-9-8-14-24-18;/h8-9,14,17H,3-7,10-13,15-16H2,1-2H3,(H2,20,21,22);1H. The van der Waals surface area contributed by atoms with Crippen LogP contribution in [-0.2, 0) is 6.42 Å². The van der Waals surface area contributed by atoms with Gasteiger partial charge in [0.2, 0.25) is 0 Å². The van der Waals surface area contributed by atoms with Crippen LogP contribution in [0.15, 0.2) is 22.5 Å². The summed E-state index contributed by atoms with van der Waals surface area (Å²) in [6.45, 7) is 11.1. The molecule has 1 unspecified atom stereocenters. The molecule has 1 aromatic heterocycles. The van der Waals surface area contributed by atoms with Gasteiger partial charge in [-0.2, -0.15) is 0 Å². The molecule has 0 spiro atoms. The fraction of sp³-hybridized carbons (Fsp3) is 0.737. The molecule has 25 heavy (non-hydrogen) atoms. The molecule has 4 nitrogen and oxygen atoms in total. The second-order valence-electron chi connectivity index (χ2n) is 6.79. The highest BCUT2D eigenvalue weighted by molar-refractivity contribution is 14.0. The first-order valence-corrected chi connectivity index (χ1v) is 10.4. The Labute approximate surface area is 174 Å². The number of rotatable bonds is 10. The lowest BCUT2D eigenvalue weighted by Crippen LogP contribution is -2.38. The van der Waals surface area contributed by atoms with Gasteiger partial charge in [-0.05, 0) is 76.0 Å². The second kappa shape index (κ2) is 13.8. The lowest BCUT2D eigenvalue weighted by molar-refractivity contribution is 0.330. The molecule has 144 valence electrons. The fourth-order valence-electron chi connectivity index (χ4n) is 3.10. The van der Waals surface area contributed by atoms with Gasteiger partial charge < -0.3 is 15.5 Å². The highest BCUT2D eigenvalue weighted by Crippen LogP contribution is 2.14. The third kappa shape index (κ3) is 9.80. The van der Waals surface area contributed by atoms with Crippen molar-refractivity contribution >= 4 is 41.3 Å². The van der Waals surface area contributed by atoms with Crippen LogP contribution in [-0.4, -0.2) is 50.1 Å². The maximum Gasteiger partial charge on any atom is 0.191 e. The van der Waals surface area contributed by atoms with Crippen LogP contribution in [0.5, 0.6) is 0 Å². The van der Waals surface area contributed by atoms with Crippen molar-refractivity contribution < 1.29 is 0 Å². The fourth-order valence-corrected chi connectivity index (χ4v) is 3.97. The van der Waals surface area contributed by atoms with Crippen molar-refractivity contribution in [1.82, 2.24) is 15.5 Å². The lowest BCUT2D eigenvalue weighted by atomic mass is 10.1. The van der Waals surface area contributed by atoms with E-state index in [-0.39, 0.29) is 24.0 Å². The molecule has 0 saturated carbocycles. The van der Waals surface area contributed by atoms with E-state index < -0.39 is 0 Å². The number of nitrogens with one attached hydrogen (secondary N) is 2. The average Bonchev–Trinajstić information content (AvgIpc) is 3.26. The molecule has 0 bridgehead atoms. The van der Waals surface area contributed by atoms with E-state index in [1.807, 2.05) is 11.3 Å². The summed E-state index contributed by atoms with van der Waals surface area (Å²) in [5, 5.41) is 9.00. The minimum atomic E-state index is 0. The normalized spacial score (nSPS) is 16.5. The van der Waals surface area contributed by atoms with Crippen molar-refractivity contribution in [2.75, 3.05) is 39.3 Å². The molecule has 2 heterocycles. The number of halogens is 1. The summed E-state index contributed by atoms with van der Waals surface area (Å²) < 4.78 is 0. The van der Waals surface area contributed by atoms with E-state index in [2.05, 4.69) is 46.9 Å². The minimum absolute atomic E-state index is 0. The van der Waals surface area contributed by atoms with Crippen LogP contribution in [0.2, 0.25) is 0 Å². The molecule has 1 fully saturated rings. The monoisotopic (exact) mass is 478 g/mol. The number of aliphatic imine (C=N–C) groups is 1. The van der Waals surface area contributed by atoms with Crippen molar-refractivity contribution in [2.45, 2.75) is 46.0 Å². The van der Waals surface area contributed by atoms with E-state index in [1.165, 1.54) is 50.2 Å². The Morgan fingerprint density at radius 1 is 1.28 bits per heavy atom. The molecule has 1 saturated heterocycles. The smallest absolute Gasteiger partial charge is 0.191 e. The van der Waals surface area contributed by atoms with Gasteiger partial charge >= 0.3 is 0 Å². The Morgan fingerprint density at radius 2 is 2.08 bits per heavy atom. The summed E-state index contributed by atoms with van der Waals surface area (Å²) in [5.74, 6) is 1.55. The zero-order valence-electron chi connectivity index (χ0n) is 15.8. The van der Waals surface area contributed by atoms with E-state index in [0.29, 0.717) is 5.92 Å². The van der Waals surface area contributed by atoms with Gasteiger partial charge in [-0.15, -0.1) is 35.3 Å². The van der Waals surface area contributed by atoms with Gasteiger partial charge in [-0.3, -0.25) is 4.99 Å². The first-order chi connectivity index (χ1) is 11.8. The number of guanidine groups is 1. The molecule has 1 aliphatic heterocycles. The topological polar surface area (TPSA) is 39.7 Å². The molecule has 0 amide bonds. The summed E-state index contributed by atoms with van der Waals surface area (Å²) in [7, 11) is 0. The van der Waals surface area contributed by atoms with E-state index in [0.717, 1.165) is 32.0 Å². The van der Waals surface area contributed by atoms with Crippen LogP contribution in [0.1, 0.15) is 44.4 Å². The second-order valence-corrected chi connectivity index (χ2v) is 7.82. The van der Waals surface area contributed by atoms with Crippen molar-refractivity contribution in [1.29, 1.82) is 0 Å². The molecule has 0 radical (unpaired) electrons. The maximum absolute atomic E-state index is 4.76. The number of thiophene rings is 1. The molecule has 2 rings (SSSR count). The Balaban J connectivity index is 0.00000312. The molecule has 2 N–H and O–H groups in total. The van der Waals surface area contributed by atoms with E-state index in [9.17, 15) is 0 Å². The number of nitrogens with zero attached hydrogens (tertiary/aromatic N) is 2. The van der Waals surface area contributed by atoms with Crippen LogP contribution in [0.25, 0.3) is 0 Å². The third-order valence-corrected chi connectivity index (χ3v) is 5.33. The quantitative estimate of drug-likeness (QED) is 0.231. The summed E-state index contributed by atoms with van der Waals surface area (Å²) >= 11 is 1.84. The predicted molar refractivity (Wildman–Crippen MR) is 121 cm³/mol. The summed E-state index contributed by atoms with van der Waals surface area (Å²) in [6.07, 6.45) is 6.39. The highest BCUT2D eigenvalue weighted by atomic mass is 127. The van der Waals surface area contributed by atoms with Gasteiger partial charge in [-0.25, -0.2) is 0 Å². The number of likely N-dealkylation sites (tertiary alicyclic amines) is 1. The Hall–Kier alpha value is -0.340. The van der Waals surface area contributed by atoms with Crippen molar-refractivity contribution in [3.8, 4) is 0 Å². The van der Waals surface area contributed by atoms with Crippen molar-refractivity contribution in [3.05, 3.63) is 22.4 Å². The van der Waals surface area contributed by atoms with Crippen molar-refractivity contribution in [2.24, 2.45) is 10.9 Å². The average molecular weight is 478 g/mol. The van der Waals surface area contributed by atoms with E-state index in [1.54, 1.807) is 0 Å². The first-order valence-electron chi connectivity index (χ1n) is 9.55. The zero-order valence-corrected chi connectivity index (χ0v) is 18.9. The van der Waals surface area contributed by atoms with Gasteiger partial charge in [0.25, 0.3) is 0 Å². The molecule has 1 atom stereocenters. The Bertz CT molecular complexity index is 458. The van der Waals surface area contributed by atoms with Crippen molar-refractivity contribution in [3.63, 3.8) is 0 Å². The molecule has 1 aliphatic rings. The van der Waals surface area contributed by atoms with Gasteiger partial charge in [0.05, 0.1) is 0 Å². The largest absolute Gasteiger partial charge is 0.357 e. The van der Waals surface area contributed by atoms with Crippen LogP contribution in [0.3, 0.4) is 0 Å². The molecule has 1 aromatic rings. The summed E-state index contributed by atoms with van der Waals surface area (Å²) in [6, 6.07) is 4.35. The predicted octanol–water partition coefficient (Wildman–Crippen LogP) is 3.98. The SMILES string of the molecule is CCNC(=NCC(C)Cc1cccs1)NCCCCN1CCCC1.I. The number of unbranched alkanes of at least 4 members (excludes halogenated alkanes) is 1. The zero-order chi connectivity index (χ0) is 17.0. The van der Waals surface area contributed by atoms with Crippen LogP contribution < -0.4 is 10.6 Å². The minimum Gasteiger partial charge on any atom is -0.357 e.